The van der Waals surface area contributed by atoms with E-state index in [1.807, 2.05) is 24.3 Å². The monoisotopic (exact) mass is 317 g/mol. The van der Waals surface area contributed by atoms with Crippen LogP contribution in [0.4, 0.5) is 0 Å². The Balaban J connectivity index is 4.89. The van der Waals surface area contributed by atoms with Gasteiger partial charge in [0.05, 0.1) is 6.04 Å². The van der Waals surface area contributed by atoms with E-state index in [-0.39, 0.29) is 17.7 Å². The molecule has 128 valence electrons. The average molecular weight is 317 g/mol. The molecule has 0 aromatic rings. The first-order chi connectivity index (χ1) is 11.0. The van der Waals surface area contributed by atoms with Crippen molar-refractivity contribution in [1.29, 1.82) is 0 Å². The third-order valence-corrected chi connectivity index (χ3v) is 3.63. The number of hydrogen-bond donors (Lipinski definition) is 0. The Hall–Kier alpha value is -1.90. The minimum atomic E-state index is -0.383. The van der Waals surface area contributed by atoms with E-state index in [0.717, 1.165) is 24.8 Å². The van der Waals surface area contributed by atoms with E-state index in [9.17, 15) is 9.59 Å². The highest BCUT2D eigenvalue weighted by Gasteiger charge is 2.21. The zero-order chi connectivity index (χ0) is 17.7. The van der Waals surface area contributed by atoms with E-state index in [0.29, 0.717) is 13.0 Å². The molecule has 0 fully saturated rings. The number of nitrogens with zero attached hydrogens (tertiary/aromatic N) is 1. The van der Waals surface area contributed by atoms with Crippen LogP contribution in [0.25, 0.3) is 0 Å². The first-order valence-corrected chi connectivity index (χ1v) is 8.43. The molecular formula is C20H31NO2. The molecule has 0 rings (SSSR count). The lowest BCUT2D eigenvalue weighted by Crippen LogP contribution is -2.42. The topological polar surface area (TPSA) is 37.4 Å². The van der Waals surface area contributed by atoms with Crippen molar-refractivity contribution in [1.82, 2.24) is 4.90 Å². The number of ketones is 1. The van der Waals surface area contributed by atoms with Gasteiger partial charge in [0.15, 0.2) is 5.78 Å². The second kappa shape index (κ2) is 12.6. The van der Waals surface area contributed by atoms with Gasteiger partial charge in [-0.3, -0.25) is 9.59 Å². The van der Waals surface area contributed by atoms with Gasteiger partial charge in [-0.15, -0.1) is 0 Å². The summed E-state index contributed by atoms with van der Waals surface area (Å²) in [5.74, 6) is 0.0504. The zero-order valence-corrected chi connectivity index (χ0v) is 15.0. The van der Waals surface area contributed by atoms with E-state index < -0.39 is 0 Å². The standard InChI is InChI=1S/C20H31NO2/c1-6-9-13-19(8-3)14-11-12-16-21(17(4)18(5)22)20(23)15-10-7-2/h8-9,11-14,17H,3,6-7,10,15-16H2,1-2,4-5H3/b12-11+,13-9+,19-14+. The Labute approximate surface area is 141 Å². The number of carbonyl (C=O) groups is 2. The molecule has 0 aromatic carbocycles. The van der Waals surface area contributed by atoms with Crippen LogP contribution in [0.5, 0.6) is 0 Å². The van der Waals surface area contributed by atoms with Crippen molar-refractivity contribution in [2.24, 2.45) is 0 Å². The lowest BCUT2D eigenvalue weighted by Gasteiger charge is -2.26. The van der Waals surface area contributed by atoms with Gasteiger partial charge in [-0.2, -0.15) is 0 Å². The van der Waals surface area contributed by atoms with Crippen LogP contribution in [0.1, 0.15) is 53.4 Å². The molecule has 3 heteroatoms. The van der Waals surface area contributed by atoms with Gasteiger partial charge in [-0.05, 0) is 32.3 Å². The molecule has 0 saturated carbocycles. The summed E-state index contributed by atoms with van der Waals surface area (Å²) in [6, 6.07) is -0.383. The molecule has 0 aliphatic rings. The fourth-order valence-corrected chi connectivity index (χ4v) is 1.97. The molecule has 0 saturated heterocycles. The largest absolute Gasteiger partial charge is 0.329 e. The van der Waals surface area contributed by atoms with Gasteiger partial charge in [-0.25, -0.2) is 0 Å². The molecular weight excluding hydrogens is 286 g/mol. The number of amides is 1. The molecule has 1 amide bonds. The molecule has 3 nitrogen and oxygen atoms in total. The molecule has 0 radical (unpaired) electrons. The minimum absolute atomic E-state index is 0.0106. The van der Waals surface area contributed by atoms with Crippen LogP contribution in [-0.2, 0) is 9.59 Å². The van der Waals surface area contributed by atoms with E-state index in [1.165, 1.54) is 6.92 Å². The van der Waals surface area contributed by atoms with Crippen LogP contribution in [0.15, 0.2) is 48.6 Å². The van der Waals surface area contributed by atoms with Crippen LogP contribution >= 0.6 is 0 Å². The summed E-state index contributed by atoms with van der Waals surface area (Å²) in [6.45, 7) is 11.7. The first-order valence-electron chi connectivity index (χ1n) is 8.43. The van der Waals surface area contributed by atoms with E-state index >= 15 is 0 Å². The highest BCUT2D eigenvalue weighted by atomic mass is 16.2. The number of unbranched alkanes of at least 4 members (excludes halogenated alkanes) is 1. The summed E-state index contributed by atoms with van der Waals surface area (Å²) < 4.78 is 0. The molecule has 0 heterocycles. The smallest absolute Gasteiger partial charge is 0.223 e. The van der Waals surface area contributed by atoms with Crippen molar-refractivity contribution >= 4 is 11.7 Å². The van der Waals surface area contributed by atoms with Crippen molar-refractivity contribution in [2.75, 3.05) is 6.54 Å². The molecule has 0 spiro atoms. The highest BCUT2D eigenvalue weighted by Crippen LogP contribution is 2.07. The van der Waals surface area contributed by atoms with Crippen LogP contribution < -0.4 is 0 Å². The quantitative estimate of drug-likeness (QED) is 0.522. The zero-order valence-electron chi connectivity index (χ0n) is 15.0. The number of carbonyl (C=O) groups excluding carboxylic acids is 2. The lowest BCUT2D eigenvalue weighted by molar-refractivity contribution is -0.137. The molecule has 0 aliphatic carbocycles. The number of hydrogen-bond acceptors (Lipinski definition) is 2. The van der Waals surface area contributed by atoms with Crippen molar-refractivity contribution in [3.05, 3.63) is 48.6 Å². The summed E-state index contributed by atoms with van der Waals surface area (Å²) >= 11 is 0. The van der Waals surface area contributed by atoms with Gasteiger partial charge >= 0.3 is 0 Å². The predicted octanol–water partition coefficient (Wildman–Crippen LogP) is 4.62. The Bertz CT molecular complexity index is 472. The Kier molecular flexibility index (Phi) is 11.6. The minimum Gasteiger partial charge on any atom is -0.329 e. The summed E-state index contributed by atoms with van der Waals surface area (Å²) in [5.41, 5.74) is 1.02. The summed E-state index contributed by atoms with van der Waals surface area (Å²) in [6.07, 6.45) is 14.9. The summed E-state index contributed by atoms with van der Waals surface area (Å²) in [7, 11) is 0. The highest BCUT2D eigenvalue weighted by molar-refractivity contribution is 5.87. The van der Waals surface area contributed by atoms with Gasteiger partial charge in [-0.1, -0.05) is 63.3 Å². The second-order valence-electron chi connectivity index (χ2n) is 5.55. The maximum Gasteiger partial charge on any atom is 0.223 e. The second-order valence-corrected chi connectivity index (χ2v) is 5.55. The van der Waals surface area contributed by atoms with E-state index in [2.05, 4.69) is 26.5 Å². The van der Waals surface area contributed by atoms with Gasteiger partial charge in [0, 0.05) is 13.0 Å². The normalized spacial score (nSPS) is 13.5. The number of Topliss-reactive ketones (excluding diaryl/α,β-unsaturated/α-hetero) is 1. The Morgan fingerprint density at radius 1 is 1.22 bits per heavy atom. The summed E-state index contributed by atoms with van der Waals surface area (Å²) in [5, 5.41) is 0. The molecule has 1 unspecified atom stereocenters. The van der Waals surface area contributed by atoms with E-state index in [4.69, 9.17) is 0 Å². The van der Waals surface area contributed by atoms with Gasteiger partial charge in [0.25, 0.3) is 0 Å². The van der Waals surface area contributed by atoms with Gasteiger partial charge in [0.1, 0.15) is 0 Å². The number of allylic oxidation sites excluding steroid dienone is 6. The van der Waals surface area contributed by atoms with Crippen LogP contribution in [0.3, 0.4) is 0 Å². The fraction of sp³-hybridized carbons (Fsp3) is 0.500. The van der Waals surface area contributed by atoms with Crippen molar-refractivity contribution in [3.8, 4) is 0 Å². The SMILES string of the molecule is C=CC(/C=C/CC)=C\C=C\CN(C(=O)CCCC)C(C)C(C)=O. The van der Waals surface area contributed by atoms with Crippen molar-refractivity contribution in [2.45, 2.75) is 59.4 Å². The predicted molar refractivity (Wildman–Crippen MR) is 98.2 cm³/mol. The van der Waals surface area contributed by atoms with Crippen LogP contribution in [-0.4, -0.2) is 29.2 Å². The lowest BCUT2D eigenvalue weighted by atomic mass is 10.1. The Morgan fingerprint density at radius 3 is 2.43 bits per heavy atom. The summed E-state index contributed by atoms with van der Waals surface area (Å²) in [4.78, 5) is 25.5. The maximum absolute atomic E-state index is 12.3. The third kappa shape index (κ3) is 8.97. The van der Waals surface area contributed by atoms with Gasteiger partial charge < -0.3 is 4.90 Å². The van der Waals surface area contributed by atoms with Crippen molar-refractivity contribution in [3.63, 3.8) is 0 Å². The number of rotatable bonds is 11. The third-order valence-electron chi connectivity index (χ3n) is 3.63. The molecule has 0 aliphatic heterocycles. The van der Waals surface area contributed by atoms with E-state index in [1.54, 1.807) is 17.9 Å². The first kappa shape index (κ1) is 21.1. The molecule has 1 atom stereocenters. The van der Waals surface area contributed by atoms with Crippen molar-refractivity contribution < 1.29 is 9.59 Å². The molecule has 23 heavy (non-hydrogen) atoms. The van der Waals surface area contributed by atoms with Gasteiger partial charge in [0.2, 0.25) is 5.91 Å². The molecule has 0 N–H and O–H groups in total. The molecule has 0 aromatic heterocycles. The average Bonchev–Trinajstić information content (AvgIpc) is 2.54. The van der Waals surface area contributed by atoms with Crippen LogP contribution in [0.2, 0.25) is 0 Å². The molecule has 0 bridgehead atoms. The van der Waals surface area contributed by atoms with Crippen LogP contribution in [0, 0.1) is 0 Å². The Morgan fingerprint density at radius 2 is 1.91 bits per heavy atom. The fourth-order valence-electron chi connectivity index (χ4n) is 1.97. The maximum atomic E-state index is 12.3.